The highest BCUT2D eigenvalue weighted by Crippen LogP contribution is 2.15. The fourth-order valence-corrected chi connectivity index (χ4v) is 2.34. The SMILES string of the molecule is NC1CCCN(Cc2cccc(Cl)c2)C1. The van der Waals surface area contributed by atoms with Gasteiger partial charge in [0.05, 0.1) is 0 Å². The molecule has 0 aliphatic carbocycles. The molecular weight excluding hydrogens is 208 g/mol. The molecule has 1 aliphatic heterocycles. The molecule has 1 atom stereocenters. The first kappa shape index (κ1) is 10.9. The summed E-state index contributed by atoms with van der Waals surface area (Å²) in [7, 11) is 0. The molecule has 1 fully saturated rings. The van der Waals surface area contributed by atoms with Crippen molar-refractivity contribution in [3.05, 3.63) is 34.9 Å². The summed E-state index contributed by atoms with van der Waals surface area (Å²) in [6.07, 6.45) is 2.37. The predicted molar refractivity (Wildman–Crippen MR) is 63.9 cm³/mol. The molecule has 1 heterocycles. The lowest BCUT2D eigenvalue weighted by Crippen LogP contribution is -2.42. The number of nitrogens with two attached hydrogens (primary N) is 1. The standard InChI is InChI=1S/C12H17ClN2/c13-11-4-1-3-10(7-11)8-15-6-2-5-12(14)9-15/h1,3-4,7,12H,2,5-6,8-9,14H2. The van der Waals surface area contributed by atoms with Gasteiger partial charge in [-0.2, -0.15) is 0 Å². The molecule has 0 spiro atoms. The maximum absolute atomic E-state index is 5.95. The Morgan fingerprint density at radius 2 is 2.33 bits per heavy atom. The average Bonchev–Trinajstić information content (AvgIpc) is 2.17. The number of benzene rings is 1. The number of hydrogen-bond acceptors (Lipinski definition) is 2. The van der Waals surface area contributed by atoms with E-state index < -0.39 is 0 Å². The van der Waals surface area contributed by atoms with Gasteiger partial charge in [-0.1, -0.05) is 23.7 Å². The van der Waals surface area contributed by atoms with E-state index in [-0.39, 0.29) is 0 Å². The Bertz CT molecular complexity index is 327. The van der Waals surface area contributed by atoms with E-state index in [1.807, 2.05) is 18.2 Å². The van der Waals surface area contributed by atoms with Crippen LogP contribution in [0.3, 0.4) is 0 Å². The first-order valence-corrected chi connectivity index (χ1v) is 5.84. The molecular formula is C12H17ClN2. The van der Waals surface area contributed by atoms with Gasteiger partial charge in [0.1, 0.15) is 0 Å². The quantitative estimate of drug-likeness (QED) is 0.835. The van der Waals surface area contributed by atoms with Crippen molar-refractivity contribution < 1.29 is 0 Å². The van der Waals surface area contributed by atoms with E-state index in [0.29, 0.717) is 6.04 Å². The van der Waals surface area contributed by atoms with Gasteiger partial charge in [-0.25, -0.2) is 0 Å². The molecule has 1 aromatic rings. The van der Waals surface area contributed by atoms with Gasteiger partial charge in [-0.05, 0) is 37.1 Å². The largest absolute Gasteiger partial charge is 0.327 e. The maximum atomic E-state index is 5.95. The topological polar surface area (TPSA) is 29.3 Å². The molecule has 82 valence electrons. The molecule has 3 heteroatoms. The summed E-state index contributed by atoms with van der Waals surface area (Å²) in [6.45, 7) is 3.13. The van der Waals surface area contributed by atoms with Crippen LogP contribution in [0.15, 0.2) is 24.3 Å². The number of halogens is 1. The summed E-state index contributed by atoms with van der Waals surface area (Å²) in [5, 5.41) is 0.814. The van der Waals surface area contributed by atoms with Crippen LogP contribution in [-0.4, -0.2) is 24.0 Å². The van der Waals surface area contributed by atoms with Gasteiger partial charge in [0.15, 0.2) is 0 Å². The summed E-state index contributed by atoms with van der Waals surface area (Å²) < 4.78 is 0. The van der Waals surface area contributed by atoms with E-state index in [1.54, 1.807) is 0 Å². The molecule has 2 rings (SSSR count). The lowest BCUT2D eigenvalue weighted by Gasteiger charge is -2.30. The van der Waals surface area contributed by atoms with E-state index >= 15 is 0 Å². The number of nitrogens with zero attached hydrogens (tertiary/aromatic N) is 1. The van der Waals surface area contributed by atoms with Crippen molar-refractivity contribution in [2.75, 3.05) is 13.1 Å². The third kappa shape index (κ3) is 3.20. The van der Waals surface area contributed by atoms with Crippen LogP contribution >= 0.6 is 11.6 Å². The lowest BCUT2D eigenvalue weighted by atomic mass is 10.1. The lowest BCUT2D eigenvalue weighted by molar-refractivity contribution is 0.201. The van der Waals surface area contributed by atoms with Gasteiger partial charge in [-0.15, -0.1) is 0 Å². The maximum Gasteiger partial charge on any atom is 0.0409 e. The molecule has 15 heavy (non-hydrogen) atoms. The zero-order valence-corrected chi connectivity index (χ0v) is 9.58. The van der Waals surface area contributed by atoms with Crippen molar-refractivity contribution >= 4 is 11.6 Å². The van der Waals surface area contributed by atoms with Crippen molar-refractivity contribution in [3.8, 4) is 0 Å². The van der Waals surface area contributed by atoms with Crippen LogP contribution in [0.2, 0.25) is 5.02 Å². The van der Waals surface area contributed by atoms with Crippen LogP contribution in [0.4, 0.5) is 0 Å². The molecule has 0 bridgehead atoms. The Labute approximate surface area is 96.0 Å². The number of likely N-dealkylation sites (tertiary alicyclic amines) is 1. The van der Waals surface area contributed by atoms with E-state index in [2.05, 4.69) is 11.0 Å². The van der Waals surface area contributed by atoms with Gasteiger partial charge >= 0.3 is 0 Å². The number of rotatable bonds is 2. The van der Waals surface area contributed by atoms with Crippen LogP contribution in [0.1, 0.15) is 18.4 Å². The van der Waals surface area contributed by atoms with Gasteiger partial charge in [0.2, 0.25) is 0 Å². The highest BCUT2D eigenvalue weighted by Gasteiger charge is 2.16. The highest BCUT2D eigenvalue weighted by molar-refractivity contribution is 6.30. The van der Waals surface area contributed by atoms with Crippen LogP contribution < -0.4 is 5.73 Å². The molecule has 0 saturated carbocycles. The van der Waals surface area contributed by atoms with Crippen molar-refractivity contribution in [2.24, 2.45) is 5.73 Å². The minimum absolute atomic E-state index is 0.345. The third-order valence-electron chi connectivity index (χ3n) is 2.84. The molecule has 0 aromatic heterocycles. The summed E-state index contributed by atoms with van der Waals surface area (Å²) in [5.41, 5.74) is 7.22. The highest BCUT2D eigenvalue weighted by atomic mass is 35.5. The minimum Gasteiger partial charge on any atom is -0.327 e. The number of hydrogen-bond donors (Lipinski definition) is 1. The Kier molecular flexibility index (Phi) is 3.62. The first-order valence-electron chi connectivity index (χ1n) is 5.46. The Hall–Kier alpha value is -0.570. The van der Waals surface area contributed by atoms with Crippen molar-refractivity contribution in [3.63, 3.8) is 0 Å². The Morgan fingerprint density at radius 1 is 1.47 bits per heavy atom. The number of piperidine rings is 1. The van der Waals surface area contributed by atoms with E-state index in [1.165, 1.54) is 12.0 Å². The molecule has 1 unspecified atom stereocenters. The molecule has 1 saturated heterocycles. The van der Waals surface area contributed by atoms with Crippen LogP contribution in [-0.2, 0) is 6.54 Å². The smallest absolute Gasteiger partial charge is 0.0409 e. The molecule has 2 N–H and O–H groups in total. The fraction of sp³-hybridized carbons (Fsp3) is 0.500. The first-order chi connectivity index (χ1) is 7.24. The second-order valence-corrected chi connectivity index (χ2v) is 4.70. The Morgan fingerprint density at radius 3 is 3.07 bits per heavy atom. The zero-order valence-electron chi connectivity index (χ0n) is 8.82. The third-order valence-corrected chi connectivity index (χ3v) is 3.07. The molecule has 1 aliphatic rings. The monoisotopic (exact) mass is 224 g/mol. The van der Waals surface area contributed by atoms with Crippen molar-refractivity contribution in [2.45, 2.75) is 25.4 Å². The average molecular weight is 225 g/mol. The molecule has 0 amide bonds. The van der Waals surface area contributed by atoms with Gasteiger partial charge in [0, 0.05) is 24.2 Å². The predicted octanol–water partition coefficient (Wildman–Crippen LogP) is 2.26. The van der Waals surface area contributed by atoms with Crippen LogP contribution in [0.5, 0.6) is 0 Å². The van der Waals surface area contributed by atoms with Crippen LogP contribution in [0.25, 0.3) is 0 Å². The minimum atomic E-state index is 0.345. The van der Waals surface area contributed by atoms with Crippen LogP contribution in [0, 0.1) is 0 Å². The van der Waals surface area contributed by atoms with Gasteiger partial charge in [0.25, 0.3) is 0 Å². The van der Waals surface area contributed by atoms with Crippen molar-refractivity contribution in [1.82, 2.24) is 4.90 Å². The summed E-state index contributed by atoms with van der Waals surface area (Å²) in [5.74, 6) is 0. The van der Waals surface area contributed by atoms with E-state index in [4.69, 9.17) is 17.3 Å². The molecule has 1 aromatic carbocycles. The van der Waals surface area contributed by atoms with E-state index in [9.17, 15) is 0 Å². The zero-order chi connectivity index (χ0) is 10.7. The second kappa shape index (κ2) is 4.97. The fourth-order valence-electron chi connectivity index (χ4n) is 2.13. The van der Waals surface area contributed by atoms with E-state index in [0.717, 1.165) is 31.1 Å². The summed E-state index contributed by atoms with van der Waals surface area (Å²) in [4.78, 5) is 2.40. The van der Waals surface area contributed by atoms with Gasteiger partial charge in [-0.3, -0.25) is 4.90 Å². The second-order valence-electron chi connectivity index (χ2n) is 4.27. The normalized spacial score (nSPS) is 22.9. The summed E-state index contributed by atoms with van der Waals surface area (Å²) in [6, 6.07) is 8.40. The summed E-state index contributed by atoms with van der Waals surface area (Å²) >= 11 is 5.95. The van der Waals surface area contributed by atoms with Crippen molar-refractivity contribution in [1.29, 1.82) is 0 Å². The Balaban J connectivity index is 1.96. The molecule has 0 radical (unpaired) electrons. The van der Waals surface area contributed by atoms with Gasteiger partial charge < -0.3 is 5.73 Å². The molecule has 2 nitrogen and oxygen atoms in total.